The highest BCUT2D eigenvalue weighted by molar-refractivity contribution is 5.83. The highest BCUT2D eigenvalue weighted by Gasteiger charge is 2.18. The molecule has 0 fully saturated rings. The molecule has 27 heavy (non-hydrogen) atoms. The predicted molar refractivity (Wildman–Crippen MR) is 106 cm³/mol. The van der Waals surface area contributed by atoms with Crippen molar-refractivity contribution in [2.24, 2.45) is 0 Å². The zero-order valence-electron chi connectivity index (χ0n) is 14.7. The first-order chi connectivity index (χ1) is 13.3. The predicted octanol–water partition coefficient (Wildman–Crippen LogP) is 4.01. The summed E-state index contributed by atoms with van der Waals surface area (Å²) < 4.78 is 3.59. The summed E-state index contributed by atoms with van der Waals surface area (Å²) in [6.07, 6.45) is 0. The minimum absolute atomic E-state index is 0.104. The lowest BCUT2D eigenvalue weighted by Crippen LogP contribution is -2.21. The van der Waals surface area contributed by atoms with Gasteiger partial charge in [-0.1, -0.05) is 54.6 Å². The van der Waals surface area contributed by atoms with E-state index in [1.165, 1.54) is 0 Å². The molecule has 0 aliphatic heterocycles. The van der Waals surface area contributed by atoms with E-state index in [9.17, 15) is 4.79 Å². The van der Waals surface area contributed by atoms with Crippen molar-refractivity contribution in [2.75, 3.05) is 0 Å². The number of nitrogens with zero attached hydrogens (tertiary/aromatic N) is 4. The Morgan fingerprint density at radius 3 is 2.30 bits per heavy atom. The Kier molecular flexibility index (Phi) is 3.40. The number of para-hydroxylation sites is 2. The third-order valence-corrected chi connectivity index (χ3v) is 4.82. The van der Waals surface area contributed by atoms with Gasteiger partial charge in [0.2, 0.25) is 5.78 Å². The first kappa shape index (κ1) is 15.5. The van der Waals surface area contributed by atoms with Crippen LogP contribution in [0.25, 0.3) is 33.8 Å². The average Bonchev–Trinajstić information content (AvgIpc) is 3.14. The Bertz CT molecular complexity index is 1350. The maximum absolute atomic E-state index is 13.2. The Balaban J connectivity index is 2.00. The van der Waals surface area contributed by atoms with Crippen molar-refractivity contribution < 1.29 is 0 Å². The van der Waals surface area contributed by atoms with Crippen molar-refractivity contribution in [1.82, 2.24) is 19.2 Å². The van der Waals surface area contributed by atoms with Crippen molar-refractivity contribution in [1.29, 1.82) is 0 Å². The molecule has 5 nitrogen and oxygen atoms in total. The second kappa shape index (κ2) is 5.92. The van der Waals surface area contributed by atoms with E-state index in [-0.39, 0.29) is 5.56 Å². The quantitative estimate of drug-likeness (QED) is 0.482. The molecule has 0 radical (unpaired) electrons. The van der Waals surface area contributed by atoms with E-state index in [0.717, 1.165) is 28.2 Å². The van der Waals surface area contributed by atoms with Crippen LogP contribution in [0.4, 0.5) is 0 Å². The summed E-state index contributed by atoms with van der Waals surface area (Å²) >= 11 is 0. The molecule has 130 valence electrons. The molecule has 0 spiro atoms. The summed E-state index contributed by atoms with van der Waals surface area (Å²) in [5, 5.41) is 9.48. The Labute approximate surface area is 155 Å². The lowest BCUT2D eigenvalue weighted by molar-refractivity contribution is 0.967. The van der Waals surface area contributed by atoms with E-state index in [2.05, 4.69) is 10.2 Å². The van der Waals surface area contributed by atoms with Crippen molar-refractivity contribution in [3.05, 3.63) is 94.8 Å². The van der Waals surface area contributed by atoms with Crippen LogP contribution in [-0.2, 0) is 0 Å². The molecule has 0 amide bonds. The van der Waals surface area contributed by atoms with E-state index in [1.54, 1.807) is 4.57 Å². The molecule has 0 saturated heterocycles. The van der Waals surface area contributed by atoms with E-state index < -0.39 is 0 Å². The Morgan fingerprint density at radius 1 is 0.778 bits per heavy atom. The van der Waals surface area contributed by atoms with Gasteiger partial charge in [-0.15, -0.1) is 10.2 Å². The lowest BCUT2D eigenvalue weighted by atomic mass is 10.1. The molecule has 0 unspecified atom stereocenters. The molecule has 0 aliphatic rings. The largest absolute Gasteiger partial charge is 0.268 e. The van der Waals surface area contributed by atoms with Gasteiger partial charge in [-0.3, -0.25) is 9.20 Å². The van der Waals surface area contributed by atoms with Crippen molar-refractivity contribution >= 4 is 16.7 Å². The molecule has 3 aromatic carbocycles. The SMILES string of the molecule is Cc1ccccc1-c1nnc2n(-c3ccccc3)c(=O)c3ccccc3n12. The molecule has 2 heterocycles. The number of rotatable bonds is 2. The fourth-order valence-electron chi connectivity index (χ4n) is 3.51. The van der Waals surface area contributed by atoms with Crippen LogP contribution in [0.3, 0.4) is 0 Å². The Hall–Kier alpha value is -3.73. The summed E-state index contributed by atoms with van der Waals surface area (Å²) in [6, 6.07) is 25.2. The summed E-state index contributed by atoms with van der Waals surface area (Å²) in [5.41, 5.74) is 3.56. The molecule has 0 atom stereocenters. The molecule has 2 aromatic heterocycles. The number of aryl methyl sites for hydroxylation is 1. The number of benzene rings is 3. The van der Waals surface area contributed by atoms with Crippen LogP contribution in [-0.4, -0.2) is 19.2 Å². The van der Waals surface area contributed by atoms with Gasteiger partial charge in [0.25, 0.3) is 5.56 Å². The second-order valence-electron chi connectivity index (χ2n) is 6.47. The summed E-state index contributed by atoms with van der Waals surface area (Å²) in [5.74, 6) is 1.23. The number of aromatic nitrogens is 4. The van der Waals surface area contributed by atoms with Crippen LogP contribution in [0.5, 0.6) is 0 Å². The summed E-state index contributed by atoms with van der Waals surface area (Å²) in [7, 11) is 0. The van der Waals surface area contributed by atoms with Gasteiger partial charge in [0, 0.05) is 5.56 Å². The van der Waals surface area contributed by atoms with Gasteiger partial charge in [-0.2, -0.15) is 0 Å². The monoisotopic (exact) mass is 352 g/mol. The molecule has 0 aliphatic carbocycles. The average molecular weight is 352 g/mol. The molecule has 5 heteroatoms. The lowest BCUT2D eigenvalue weighted by Gasteiger charge is -2.12. The fourth-order valence-corrected chi connectivity index (χ4v) is 3.51. The van der Waals surface area contributed by atoms with Gasteiger partial charge in [0.05, 0.1) is 16.6 Å². The number of hydrogen-bond acceptors (Lipinski definition) is 3. The van der Waals surface area contributed by atoms with Gasteiger partial charge < -0.3 is 0 Å². The van der Waals surface area contributed by atoms with E-state index in [1.807, 2.05) is 90.2 Å². The second-order valence-corrected chi connectivity index (χ2v) is 6.47. The van der Waals surface area contributed by atoms with Crippen molar-refractivity contribution in [2.45, 2.75) is 6.92 Å². The van der Waals surface area contributed by atoms with Gasteiger partial charge in [0.15, 0.2) is 5.82 Å². The molecular formula is C22H16N4O. The van der Waals surface area contributed by atoms with Gasteiger partial charge in [0.1, 0.15) is 0 Å². The molecule has 5 aromatic rings. The third-order valence-electron chi connectivity index (χ3n) is 4.82. The first-order valence-corrected chi connectivity index (χ1v) is 8.76. The number of hydrogen-bond donors (Lipinski definition) is 0. The van der Waals surface area contributed by atoms with E-state index >= 15 is 0 Å². The zero-order chi connectivity index (χ0) is 18.4. The van der Waals surface area contributed by atoms with Crippen molar-refractivity contribution in [3.8, 4) is 17.1 Å². The standard InChI is InChI=1S/C22H16N4O/c1-15-9-5-6-12-17(15)20-23-24-22-25(16-10-3-2-4-11-16)21(27)18-13-7-8-14-19(18)26(20)22/h2-14H,1H3. The first-order valence-electron chi connectivity index (χ1n) is 8.76. The molecule has 0 N–H and O–H groups in total. The minimum atomic E-state index is -0.104. The van der Waals surface area contributed by atoms with Crippen LogP contribution < -0.4 is 5.56 Å². The molecular weight excluding hydrogens is 336 g/mol. The van der Waals surface area contributed by atoms with Gasteiger partial charge in [-0.25, -0.2) is 4.57 Å². The summed E-state index contributed by atoms with van der Waals surface area (Å²) in [4.78, 5) is 13.2. The van der Waals surface area contributed by atoms with Crippen LogP contribution in [0.15, 0.2) is 83.7 Å². The highest BCUT2D eigenvalue weighted by Crippen LogP contribution is 2.25. The van der Waals surface area contributed by atoms with E-state index in [4.69, 9.17) is 0 Å². The van der Waals surface area contributed by atoms with Crippen LogP contribution in [0.2, 0.25) is 0 Å². The maximum atomic E-state index is 13.2. The molecule has 0 saturated carbocycles. The van der Waals surface area contributed by atoms with Crippen LogP contribution in [0.1, 0.15) is 5.56 Å². The molecule has 5 rings (SSSR count). The Morgan fingerprint density at radius 2 is 1.48 bits per heavy atom. The smallest absolute Gasteiger partial charge is 0.267 e. The minimum Gasteiger partial charge on any atom is -0.268 e. The maximum Gasteiger partial charge on any atom is 0.267 e. The van der Waals surface area contributed by atoms with Gasteiger partial charge >= 0.3 is 0 Å². The van der Waals surface area contributed by atoms with Crippen molar-refractivity contribution in [3.63, 3.8) is 0 Å². The highest BCUT2D eigenvalue weighted by atomic mass is 16.1. The molecule has 0 bridgehead atoms. The van der Waals surface area contributed by atoms with E-state index in [0.29, 0.717) is 11.2 Å². The normalized spacial score (nSPS) is 11.3. The third kappa shape index (κ3) is 2.29. The summed E-state index contributed by atoms with van der Waals surface area (Å²) in [6.45, 7) is 2.05. The number of fused-ring (bicyclic) bond motifs is 3. The van der Waals surface area contributed by atoms with Crippen LogP contribution in [0, 0.1) is 6.92 Å². The zero-order valence-corrected chi connectivity index (χ0v) is 14.7. The van der Waals surface area contributed by atoms with Crippen LogP contribution >= 0.6 is 0 Å². The topological polar surface area (TPSA) is 52.2 Å². The van der Waals surface area contributed by atoms with Gasteiger partial charge in [-0.05, 0) is 36.8 Å². The fraction of sp³-hybridized carbons (Fsp3) is 0.0455.